The zero-order chi connectivity index (χ0) is 67.5. The summed E-state index contributed by atoms with van der Waals surface area (Å²) < 4.78 is 23.1. The molecule has 0 bridgehead atoms. The van der Waals surface area contributed by atoms with Crippen LogP contribution in [-0.2, 0) is 33.3 Å². The summed E-state index contributed by atoms with van der Waals surface area (Å²) >= 11 is 0. The Morgan fingerprint density at radius 1 is 0.323 bits per heavy atom. The number of nitrogens with zero attached hydrogens (tertiary/aromatic N) is 1. The second kappa shape index (κ2) is 75.3. The first-order chi connectivity index (χ1) is 45.6. The fourth-order valence-electron chi connectivity index (χ4n) is 12.6. The molecule has 0 fully saturated rings. The summed E-state index contributed by atoms with van der Waals surface area (Å²) in [6.07, 6.45) is 94.6. The third-order valence-electron chi connectivity index (χ3n) is 18.9. The van der Waals surface area contributed by atoms with Gasteiger partial charge >= 0.3 is 17.9 Å². The lowest BCUT2D eigenvalue weighted by Crippen LogP contribution is -2.40. The molecule has 0 rings (SSSR count). The van der Waals surface area contributed by atoms with Crippen LogP contribution in [0.2, 0.25) is 0 Å². The van der Waals surface area contributed by atoms with E-state index in [-0.39, 0.29) is 38.2 Å². The van der Waals surface area contributed by atoms with Crippen LogP contribution in [0.15, 0.2) is 36.5 Å². The molecule has 9 heteroatoms. The van der Waals surface area contributed by atoms with Crippen LogP contribution >= 0.6 is 0 Å². The second-order valence-electron chi connectivity index (χ2n) is 29.4. The van der Waals surface area contributed by atoms with Crippen molar-refractivity contribution in [2.75, 3.05) is 47.5 Å². The van der Waals surface area contributed by atoms with E-state index in [4.69, 9.17) is 18.9 Å². The molecule has 1 N–H and O–H groups in total. The third kappa shape index (κ3) is 76.7. The van der Waals surface area contributed by atoms with Crippen LogP contribution in [0.5, 0.6) is 0 Å². The highest BCUT2D eigenvalue weighted by Crippen LogP contribution is 2.20. The van der Waals surface area contributed by atoms with Gasteiger partial charge in [-0.2, -0.15) is 0 Å². The average molecular weight is 1310 g/mol. The standard InChI is InChI=1S/C84H159NO8/c1-6-8-10-12-14-16-18-20-22-24-26-28-30-32-34-36-37-38-39-40-41-42-43-44-45-47-48-50-52-54-56-58-60-62-64-66-68-70-72-74-81(86)91-78-80(79-92-84(83(88)89)90-77-76-85(3,4)5)93-82(87)75-73-71-69-67-65-63-61-59-57-55-53-51-49-46-35-33-31-29-27-25-23-21-19-17-15-13-11-9-7-2/h19,21,24-27,80,84H,6-18,20,22-23,28-79H2,1-5H3/p+1/b21-19-,26-24-,27-25-. The van der Waals surface area contributed by atoms with E-state index in [0.717, 1.165) is 44.9 Å². The van der Waals surface area contributed by atoms with Gasteiger partial charge in [0.15, 0.2) is 6.10 Å². The predicted octanol–water partition coefficient (Wildman–Crippen LogP) is 26.3. The Hall–Kier alpha value is -2.49. The van der Waals surface area contributed by atoms with Gasteiger partial charge in [-0.3, -0.25) is 9.59 Å². The van der Waals surface area contributed by atoms with Crippen molar-refractivity contribution in [1.29, 1.82) is 0 Å². The van der Waals surface area contributed by atoms with Crippen molar-refractivity contribution < 1.29 is 42.9 Å². The molecule has 0 aliphatic carbocycles. The van der Waals surface area contributed by atoms with Crippen LogP contribution in [0.1, 0.15) is 425 Å². The predicted molar refractivity (Wildman–Crippen MR) is 401 cm³/mol. The highest BCUT2D eigenvalue weighted by Gasteiger charge is 2.25. The molecule has 0 saturated carbocycles. The minimum Gasteiger partial charge on any atom is -0.477 e. The first-order valence-electron chi connectivity index (χ1n) is 41.2. The molecule has 9 nitrogen and oxygen atoms in total. The molecule has 0 amide bonds. The number of esters is 2. The van der Waals surface area contributed by atoms with Crippen molar-refractivity contribution in [3.63, 3.8) is 0 Å². The van der Waals surface area contributed by atoms with Gasteiger partial charge in [0.1, 0.15) is 13.2 Å². The van der Waals surface area contributed by atoms with Crippen molar-refractivity contribution in [3.05, 3.63) is 36.5 Å². The maximum absolute atomic E-state index is 13.0. The molecule has 0 aromatic carbocycles. The van der Waals surface area contributed by atoms with Crippen LogP contribution in [0.3, 0.4) is 0 Å². The monoisotopic (exact) mass is 1310 g/mol. The molecule has 0 aromatic rings. The van der Waals surface area contributed by atoms with E-state index < -0.39 is 18.4 Å². The maximum Gasteiger partial charge on any atom is 0.361 e. The van der Waals surface area contributed by atoms with Crippen LogP contribution in [0.4, 0.5) is 0 Å². The Labute approximate surface area is 579 Å². The van der Waals surface area contributed by atoms with E-state index >= 15 is 0 Å². The van der Waals surface area contributed by atoms with Crippen LogP contribution in [0.25, 0.3) is 0 Å². The van der Waals surface area contributed by atoms with Gasteiger partial charge in [0.25, 0.3) is 6.29 Å². The van der Waals surface area contributed by atoms with Gasteiger partial charge in [0.05, 0.1) is 34.4 Å². The number of likely N-dealkylation sites (N-methyl/N-ethyl adjacent to an activating group) is 1. The maximum atomic E-state index is 13.0. The van der Waals surface area contributed by atoms with E-state index in [9.17, 15) is 19.5 Å². The molecule has 0 radical (unpaired) electrons. The molecule has 93 heavy (non-hydrogen) atoms. The number of aliphatic carboxylic acids is 1. The number of unbranched alkanes of at least 4 members (excludes halogenated alkanes) is 57. The summed E-state index contributed by atoms with van der Waals surface area (Å²) in [4.78, 5) is 37.7. The van der Waals surface area contributed by atoms with E-state index in [2.05, 4.69) is 50.3 Å². The number of hydrogen-bond donors (Lipinski definition) is 1. The number of hydrogen-bond acceptors (Lipinski definition) is 7. The largest absolute Gasteiger partial charge is 0.477 e. The van der Waals surface area contributed by atoms with E-state index in [1.807, 2.05) is 21.1 Å². The summed E-state index contributed by atoms with van der Waals surface area (Å²) in [5.74, 6) is -1.97. The van der Waals surface area contributed by atoms with Crippen LogP contribution in [0, 0.1) is 0 Å². The molecular formula is C84H160NO8+. The number of carbonyl (C=O) groups excluding carboxylic acids is 2. The summed E-state index contributed by atoms with van der Waals surface area (Å²) in [6, 6.07) is 0. The second-order valence-corrected chi connectivity index (χ2v) is 29.4. The van der Waals surface area contributed by atoms with Gasteiger partial charge in [-0.15, -0.1) is 0 Å². The smallest absolute Gasteiger partial charge is 0.361 e. The molecule has 0 aliphatic rings. The lowest BCUT2D eigenvalue weighted by atomic mass is 10.0. The molecule has 0 saturated heterocycles. The van der Waals surface area contributed by atoms with Crippen molar-refractivity contribution in [2.45, 2.75) is 437 Å². The fourth-order valence-corrected chi connectivity index (χ4v) is 12.6. The quantitative estimate of drug-likeness (QED) is 0.0211. The number of carboxylic acids is 1. The van der Waals surface area contributed by atoms with Crippen LogP contribution in [-0.4, -0.2) is 87.4 Å². The molecular weight excluding hydrogens is 1150 g/mol. The average Bonchev–Trinajstić information content (AvgIpc) is 3.74. The molecule has 0 spiro atoms. The number of carboxylic acid groups (broad SMARTS) is 1. The number of rotatable bonds is 78. The summed E-state index contributed by atoms with van der Waals surface area (Å²) in [6.45, 7) is 4.95. The van der Waals surface area contributed by atoms with Crippen LogP contribution < -0.4 is 0 Å². The Morgan fingerprint density at radius 2 is 0.581 bits per heavy atom. The van der Waals surface area contributed by atoms with Crippen molar-refractivity contribution in [3.8, 4) is 0 Å². The Balaban J connectivity index is 3.93. The number of carbonyl (C=O) groups is 3. The number of quaternary nitrogens is 1. The van der Waals surface area contributed by atoms with Crippen molar-refractivity contribution >= 4 is 17.9 Å². The highest BCUT2D eigenvalue weighted by atomic mass is 16.7. The Kier molecular flexibility index (Phi) is 73.3. The van der Waals surface area contributed by atoms with Gasteiger partial charge in [-0.1, -0.05) is 378 Å². The molecule has 548 valence electrons. The Bertz CT molecular complexity index is 1620. The number of allylic oxidation sites excluding steroid dienone is 6. The van der Waals surface area contributed by atoms with Gasteiger partial charge < -0.3 is 28.5 Å². The topological polar surface area (TPSA) is 108 Å². The van der Waals surface area contributed by atoms with E-state index in [0.29, 0.717) is 17.4 Å². The summed E-state index contributed by atoms with van der Waals surface area (Å²) in [5, 5.41) is 9.77. The third-order valence-corrected chi connectivity index (χ3v) is 18.9. The minimum absolute atomic E-state index is 0.175. The number of ether oxygens (including phenoxy) is 4. The summed E-state index contributed by atoms with van der Waals surface area (Å²) in [7, 11) is 6.00. The van der Waals surface area contributed by atoms with Gasteiger partial charge in [-0.05, 0) is 70.6 Å². The normalized spacial score (nSPS) is 12.7. The van der Waals surface area contributed by atoms with Gasteiger partial charge in [-0.25, -0.2) is 4.79 Å². The zero-order valence-corrected chi connectivity index (χ0v) is 63.0. The minimum atomic E-state index is -1.51. The van der Waals surface area contributed by atoms with E-state index in [1.165, 1.54) is 353 Å². The first-order valence-corrected chi connectivity index (χ1v) is 41.2. The SMILES string of the molecule is CCCCCCC/C=C\C/C=C\CCCCCCCCCCCCCCCCCCCC(=O)OC(COC(=O)CCCCCCCCCCCCCCCCCCCCCCCCCCCCC/C=C\CCCCCCCCCC)COC(OCC[N+](C)(C)C)C(=O)O. The van der Waals surface area contributed by atoms with Crippen molar-refractivity contribution in [1.82, 2.24) is 0 Å². The van der Waals surface area contributed by atoms with Gasteiger partial charge in [0.2, 0.25) is 0 Å². The van der Waals surface area contributed by atoms with Crippen molar-refractivity contribution in [2.24, 2.45) is 0 Å². The summed E-state index contributed by atoms with van der Waals surface area (Å²) in [5.41, 5.74) is 0. The molecule has 2 atom stereocenters. The lowest BCUT2D eigenvalue weighted by molar-refractivity contribution is -0.870. The molecule has 2 unspecified atom stereocenters. The first kappa shape index (κ1) is 90.5. The van der Waals surface area contributed by atoms with E-state index in [1.54, 1.807) is 0 Å². The molecule has 0 heterocycles. The molecule has 0 aromatic heterocycles. The lowest BCUT2D eigenvalue weighted by Gasteiger charge is -2.25. The molecule has 0 aliphatic heterocycles. The van der Waals surface area contributed by atoms with Gasteiger partial charge in [0, 0.05) is 12.8 Å². The zero-order valence-electron chi connectivity index (χ0n) is 63.0. The Morgan fingerprint density at radius 3 is 0.860 bits per heavy atom. The highest BCUT2D eigenvalue weighted by molar-refractivity contribution is 5.71. The fraction of sp³-hybridized carbons (Fsp3) is 0.893.